The first-order valence-corrected chi connectivity index (χ1v) is 7.75. The van der Waals surface area contributed by atoms with Gasteiger partial charge in [0.1, 0.15) is 11.6 Å². The summed E-state index contributed by atoms with van der Waals surface area (Å²) in [5.41, 5.74) is -0.660. The van der Waals surface area contributed by atoms with Gasteiger partial charge in [-0.25, -0.2) is 9.59 Å². The molecule has 0 aliphatic heterocycles. The average Bonchev–Trinajstić information content (AvgIpc) is 2.87. The van der Waals surface area contributed by atoms with Gasteiger partial charge in [0.05, 0.1) is 0 Å². The number of carboxylic acid groups (broad SMARTS) is 1. The molecule has 0 radical (unpaired) electrons. The van der Waals surface area contributed by atoms with Crippen LogP contribution in [0.5, 0.6) is 0 Å². The Morgan fingerprint density at radius 2 is 2.14 bits per heavy atom. The predicted octanol–water partition coefficient (Wildman–Crippen LogP) is 3.69. The summed E-state index contributed by atoms with van der Waals surface area (Å²) in [6, 6.07) is 2.93. The number of hydrogen-bond acceptors (Lipinski definition) is 4. The summed E-state index contributed by atoms with van der Waals surface area (Å²) in [6.07, 6.45) is 6.66. The van der Waals surface area contributed by atoms with E-state index in [0.29, 0.717) is 0 Å². The second-order valence-electron chi connectivity index (χ2n) is 5.58. The minimum atomic E-state index is -1.10. The topological polar surface area (TPSA) is 75.6 Å². The highest BCUT2D eigenvalue weighted by atomic mass is 32.1. The van der Waals surface area contributed by atoms with Gasteiger partial charge < -0.3 is 15.2 Å². The number of amides is 1. The number of nitrogens with one attached hydrogen (secondary N) is 1. The number of alkyl carbamates (subject to hydrolysis) is 1. The quantitative estimate of drug-likeness (QED) is 0.783. The Labute approximate surface area is 134 Å². The third kappa shape index (κ3) is 7.64. The summed E-state index contributed by atoms with van der Waals surface area (Å²) in [7, 11) is 0. The molecule has 1 aromatic heterocycles. The van der Waals surface area contributed by atoms with E-state index >= 15 is 0 Å². The highest BCUT2D eigenvalue weighted by molar-refractivity contribution is 7.10. The molecule has 0 fully saturated rings. The van der Waals surface area contributed by atoms with Crippen LogP contribution < -0.4 is 5.32 Å². The van der Waals surface area contributed by atoms with Gasteiger partial charge in [-0.2, -0.15) is 0 Å². The third-order valence-corrected chi connectivity index (χ3v) is 3.25. The van der Waals surface area contributed by atoms with Crippen molar-refractivity contribution in [1.82, 2.24) is 5.32 Å². The van der Waals surface area contributed by atoms with Crippen LogP contribution in [-0.4, -0.2) is 28.8 Å². The van der Waals surface area contributed by atoms with E-state index in [1.165, 1.54) is 0 Å². The van der Waals surface area contributed by atoms with Crippen molar-refractivity contribution < 1.29 is 19.4 Å². The molecule has 120 valence electrons. The zero-order chi connectivity index (χ0) is 16.6. The average molecular weight is 323 g/mol. The second kappa shape index (κ2) is 8.38. The summed E-state index contributed by atoms with van der Waals surface area (Å²) in [6.45, 7) is 5.16. The summed E-state index contributed by atoms with van der Waals surface area (Å²) >= 11 is 1.62. The Balaban J connectivity index is 2.47. The molecule has 0 aliphatic rings. The third-order valence-electron chi connectivity index (χ3n) is 2.41. The van der Waals surface area contributed by atoms with Crippen molar-refractivity contribution in [3.05, 3.63) is 40.6 Å². The minimum Gasteiger partial charge on any atom is -0.480 e. The maximum atomic E-state index is 11.6. The number of hydrogen-bond donors (Lipinski definition) is 2. The fraction of sp³-hybridized carbons (Fsp3) is 0.375. The molecule has 0 aromatic carbocycles. The second-order valence-corrected chi connectivity index (χ2v) is 6.55. The van der Waals surface area contributed by atoms with Crippen LogP contribution in [0.15, 0.2) is 35.7 Å². The Morgan fingerprint density at radius 3 is 2.68 bits per heavy atom. The molecule has 2 N–H and O–H groups in total. The van der Waals surface area contributed by atoms with E-state index < -0.39 is 23.7 Å². The normalized spacial score (nSPS) is 13.4. The molecule has 0 saturated carbocycles. The zero-order valence-electron chi connectivity index (χ0n) is 12.9. The molecule has 0 saturated heterocycles. The standard InChI is InChI=1S/C16H21NO4S/c1-16(2,3)21-15(20)17-13(14(18)19)10-6-4-5-8-12-9-7-11-22-12/h4-9,11,13H,10H2,1-3H3,(H,17,20)(H,18,19). The number of rotatable bonds is 6. The van der Waals surface area contributed by atoms with Crippen molar-refractivity contribution in [1.29, 1.82) is 0 Å². The zero-order valence-corrected chi connectivity index (χ0v) is 13.7. The lowest BCUT2D eigenvalue weighted by atomic mass is 10.2. The minimum absolute atomic E-state index is 0.184. The van der Waals surface area contributed by atoms with Gasteiger partial charge in [-0.3, -0.25) is 0 Å². The van der Waals surface area contributed by atoms with Gasteiger partial charge >= 0.3 is 12.1 Å². The number of thiophene rings is 1. The molecule has 0 aliphatic carbocycles. The predicted molar refractivity (Wildman–Crippen MR) is 87.9 cm³/mol. The van der Waals surface area contributed by atoms with E-state index in [4.69, 9.17) is 9.84 Å². The highest BCUT2D eigenvalue weighted by Crippen LogP contribution is 2.10. The van der Waals surface area contributed by atoms with E-state index in [2.05, 4.69) is 5.32 Å². The van der Waals surface area contributed by atoms with Crippen LogP contribution in [-0.2, 0) is 9.53 Å². The highest BCUT2D eigenvalue weighted by Gasteiger charge is 2.22. The van der Waals surface area contributed by atoms with Crippen molar-refractivity contribution in [3.8, 4) is 0 Å². The Morgan fingerprint density at radius 1 is 1.41 bits per heavy atom. The Hall–Kier alpha value is -2.08. The van der Waals surface area contributed by atoms with Crippen LogP contribution in [0.3, 0.4) is 0 Å². The van der Waals surface area contributed by atoms with E-state index in [9.17, 15) is 9.59 Å². The van der Waals surface area contributed by atoms with Gasteiger partial charge in [-0.1, -0.05) is 24.3 Å². The van der Waals surface area contributed by atoms with Crippen LogP contribution in [0.4, 0.5) is 4.79 Å². The van der Waals surface area contributed by atoms with Gasteiger partial charge in [-0.05, 0) is 44.7 Å². The number of ether oxygens (including phenoxy) is 1. The Bertz CT molecular complexity index is 541. The van der Waals surface area contributed by atoms with E-state index in [1.807, 2.05) is 29.7 Å². The molecule has 0 bridgehead atoms. The first-order valence-electron chi connectivity index (χ1n) is 6.87. The maximum absolute atomic E-state index is 11.6. The van der Waals surface area contributed by atoms with Crippen molar-refractivity contribution in [3.63, 3.8) is 0 Å². The van der Waals surface area contributed by atoms with Gasteiger partial charge in [0.25, 0.3) is 0 Å². The summed E-state index contributed by atoms with van der Waals surface area (Å²) in [4.78, 5) is 23.8. The molecule has 0 spiro atoms. The van der Waals surface area contributed by atoms with Gasteiger partial charge in [0.2, 0.25) is 0 Å². The SMILES string of the molecule is CC(C)(C)OC(=O)NC(CC=CC=Cc1cccs1)C(=O)O. The number of carboxylic acids is 1. The molecule has 1 amide bonds. The first kappa shape index (κ1) is 18.0. The summed E-state index contributed by atoms with van der Waals surface area (Å²) < 4.78 is 5.04. The number of carbonyl (C=O) groups excluding carboxylic acids is 1. The van der Waals surface area contributed by atoms with Gasteiger partial charge in [0.15, 0.2) is 0 Å². The van der Waals surface area contributed by atoms with Crippen LogP contribution >= 0.6 is 11.3 Å². The number of carbonyl (C=O) groups is 2. The fourth-order valence-corrected chi connectivity index (χ4v) is 2.13. The largest absolute Gasteiger partial charge is 0.480 e. The van der Waals surface area contributed by atoms with Crippen LogP contribution in [0.2, 0.25) is 0 Å². The lowest BCUT2D eigenvalue weighted by Gasteiger charge is -2.21. The monoisotopic (exact) mass is 323 g/mol. The molecular weight excluding hydrogens is 302 g/mol. The van der Waals surface area contributed by atoms with Crippen molar-refractivity contribution in [2.75, 3.05) is 0 Å². The molecule has 22 heavy (non-hydrogen) atoms. The van der Waals surface area contributed by atoms with E-state index in [-0.39, 0.29) is 6.42 Å². The molecule has 1 rings (SSSR count). The molecule has 1 heterocycles. The van der Waals surface area contributed by atoms with E-state index in [0.717, 1.165) is 4.88 Å². The number of aliphatic carboxylic acids is 1. The molecule has 1 unspecified atom stereocenters. The summed E-state index contributed by atoms with van der Waals surface area (Å²) in [5.74, 6) is -1.10. The van der Waals surface area contributed by atoms with Crippen molar-refractivity contribution >= 4 is 29.5 Å². The molecule has 6 heteroatoms. The van der Waals surface area contributed by atoms with Crippen LogP contribution in [0.1, 0.15) is 32.1 Å². The van der Waals surface area contributed by atoms with Crippen LogP contribution in [0.25, 0.3) is 6.08 Å². The van der Waals surface area contributed by atoms with Gasteiger partial charge in [0, 0.05) is 4.88 Å². The van der Waals surface area contributed by atoms with Crippen molar-refractivity contribution in [2.24, 2.45) is 0 Å². The van der Waals surface area contributed by atoms with E-state index in [1.54, 1.807) is 44.3 Å². The molecule has 1 aromatic rings. The summed E-state index contributed by atoms with van der Waals surface area (Å²) in [5, 5.41) is 13.4. The Kier molecular flexibility index (Phi) is 6.85. The van der Waals surface area contributed by atoms with Crippen LogP contribution in [0, 0.1) is 0 Å². The molecule has 1 atom stereocenters. The number of allylic oxidation sites excluding steroid dienone is 2. The smallest absolute Gasteiger partial charge is 0.408 e. The lowest BCUT2D eigenvalue weighted by Crippen LogP contribution is -2.43. The van der Waals surface area contributed by atoms with Gasteiger partial charge in [-0.15, -0.1) is 11.3 Å². The lowest BCUT2D eigenvalue weighted by molar-refractivity contribution is -0.139. The first-order chi connectivity index (χ1) is 10.3. The molecule has 5 nitrogen and oxygen atoms in total. The maximum Gasteiger partial charge on any atom is 0.408 e. The fourth-order valence-electron chi connectivity index (χ4n) is 1.50. The molecular formula is C16H21NO4S. The van der Waals surface area contributed by atoms with Crippen molar-refractivity contribution in [2.45, 2.75) is 38.8 Å².